The van der Waals surface area contributed by atoms with Gasteiger partial charge in [-0.1, -0.05) is 40.2 Å². The van der Waals surface area contributed by atoms with Crippen LogP contribution in [0, 0.1) is 17.2 Å². The molecule has 0 bridgehead atoms. The van der Waals surface area contributed by atoms with Gasteiger partial charge in [0, 0.05) is 29.1 Å². The summed E-state index contributed by atoms with van der Waals surface area (Å²) in [5.74, 6) is -1.53. The SMILES string of the molecule is CN(CC(=O)N1CC(C(=O)Nc2ccccc2)CC1C#N)C(=O)c1ccc2c(Br)cccc2n1. The number of benzene rings is 2. The number of nitrogens with zero attached hydrogens (tertiary/aromatic N) is 4. The van der Waals surface area contributed by atoms with E-state index in [-0.39, 0.29) is 37.0 Å². The molecule has 0 saturated carbocycles. The van der Waals surface area contributed by atoms with Gasteiger partial charge in [-0.2, -0.15) is 5.26 Å². The molecule has 1 aliphatic heterocycles. The Morgan fingerprint density at radius 2 is 1.91 bits per heavy atom. The van der Waals surface area contributed by atoms with Crippen molar-refractivity contribution < 1.29 is 14.4 Å². The van der Waals surface area contributed by atoms with Crippen LogP contribution < -0.4 is 5.32 Å². The quantitative estimate of drug-likeness (QED) is 0.555. The molecule has 1 fully saturated rings. The van der Waals surface area contributed by atoms with Crippen LogP contribution in [0.1, 0.15) is 16.9 Å². The van der Waals surface area contributed by atoms with Gasteiger partial charge in [0.05, 0.1) is 24.0 Å². The highest BCUT2D eigenvalue weighted by atomic mass is 79.9. The average Bonchev–Trinajstić information content (AvgIpc) is 3.29. The number of pyridine rings is 1. The number of amides is 3. The van der Waals surface area contributed by atoms with Gasteiger partial charge in [0.2, 0.25) is 11.8 Å². The minimum absolute atomic E-state index is 0.125. The summed E-state index contributed by atoms with van der Waals surface area (Å²) < 4.78 is 0.877. The Morgan fingerprint density at radius 3 is 2.65 bits per heavy atom. The van der Waals surface area contributed by atoms with Crippen molar-refractivity contribution in [3.63, 3.8) is 0 Å². The van der Waals surface area contributed by atoms with Crippen LogP contribution in [-0.2, 0) is 9.59 Å². The van der Waals surface area contributed by atoms with Gasteiger partial charge in [0.15, 0.2) is 0 Å². The Balaban J connectivity index is 1.41. The third kappa shape index (κ3) is 4.92. The highest BCUT2D eigenvalue weighted by Gasteiger charge is 2.39. The number of rotatable bonds is 5. The molecule has 1 aliphatic rings. The molecule has 34 heavy (non-hydrogen) atoms. The predicted octanol–water partition coefficient (Wildman–Crippen LogP) is 3.45. The maximum Gasteiger partial charge on any atom is 0.272 e. The van der Waals surface area contributed by atoms with E-state index in [0.717, 1.165) is 9.86 Å². The standard InChI is InChI=1S/C25H22BrN5O3/c1-30(25(34)22-11-10-19-20(26)8-5-9-21(19)29-22)15-23(32)31-14-16(12-18(31)13-27)24(33)28-17-6-3-2-4-7-17/h2-11,16,18H,12,14-15H2,1H3,(H,28,33). The summed E-state index contributed by atoms with van der Waals surface area (Å²) in [6.07, 6.45) is 0.250. The Bertz CT molecular complexity index is 1290. The zero-order valence-electron chi connectivity index (χ0n) is 18.4. The topological polar surface area (TPSA) is 106 Å². The van der Waals surface area contributed by atoms with Gasteiger partial charge in [0.1, 0.15) is 11.7 Å². The van der Waals surface area contributed by atoms with E-state index in [9.17, 15) is 19.6 Å². The fraction of sp³-hybridized carbons (Fsp3) is 0.240. The van der Waals surface area contributed by atoms with E-state index in [1.807, 2.05) is 36.4 Å². The lowest BCUT2D eigenvalue weighted by Gasteiger charge is -2.23. The lowest BCUT2D eigenvalue weighted by atomic mass is 10.1. The Labute approximate surface area is 205 Å². The van der Waals surface area contributed by atoms with E-state index in [0.29, 0.717) is 11.2 Å². The molecule has 4 rings (SSSR count). The molecule has 3 aromatic rings. The first-order valence-electron chi connectivity index (χ1n) is 10.7. The lowest BCUT2D eigenvalue weighted by molar-refractivity contribution is -0.131. The van der Waals surface area contributed by atoms with Gasteiger partial charge >= 0.3 is 0 Å². The number of carbonyl (C=O) groups is 3. The average molecular weight is 520 g/mol. The second kappa shape index (κ2) is 10.0. The summed E-state index contributed by atoms with van der Waals surface area (Å²) in [7, 11) is 1.52. The zero-order chi connectivity index (χ0) is 24.2. The number of fused-ring (bicyclic) bond motifs is 1. The van der Waals surface area contributed by atoms with Crippen molar-refractivity contribution in [2.24, 2.45) is 5.92 Å². The summed E-state index contributed by atoms with van der Waals surface area (Å²) in [6, 6.07) is 19.4. The molecule has 1 aromatic heterocycles. The molecule has 1 N–H and O–H groups in total. The summed E-state index contributed by atoms with van der Waals surface area (Å²) in [5.41, 5.74) is 1.54. The molecule has 2 aromatic carbocycles. The van der Waals surface area contributed by atoms with Crippen LogP contribution in [0.3, 0.4) is 0 Å². The van der Waals surface area contributed by atoms with Crippen LogP contribution in [0.4, 0.5) is 5.69 Å². The third-order valence-electron chi connectivity index (χ3n) is 5.80. The van der Waals surface area contributed by atoms with Crippen molar-refractivity contribution >= 4 is 50.2 Å². The smallest absolute Gasteiger partial charge is 0.272 e. The second-order valence-electron chi connectivity index (χ2n) is 8.14. The number of anilines is 1. The number of para-hydroxylation sites is 1. The number of halogens is 1. The van der Waals surface area contributed by atoms with Gasteiger partial charge in [-0.25, -0.2) is 4.98 Å². The van der Waals surface area contributed by atoms with Crippen molar-refractivity contribution in [1.82, 2.24) is 14.8 Å². The van der Waals surface area contributed by atoms with Crippen molar-refractivity contribution in [2.45, 2.75) is 12.5 Å². The second-order valence-corrected chi connectivity index (χ2v) is 9.00. The molecule has 2 heterocycles. The normalized spacial score (nSPS) is 17.3. The van der Waals surface area contributed by atoms with E-state index >= 15 is 0 Å². The fourth-order valence-corrected chi connectivity index (χ4v) is 4.48. The van der Waals surface area contributed by atoms with Gasteiger partial charge in [-0.05, 0) is 42.8 Å². The van der Waals surface area contributed by atoms with Crippen molar-refractivity contribution in [2.75, 3.05) is 25.5 Å². The van der Waals surface area contributed by atoms with Crippen LogP contribution in [0.25, 0.3) is 10.9 Å². The molecule has 2 unspecified atom stereocenters. The maximum atomic E-state index is 13.0. The number of carbonyl (C=O) groups excluding carboxylic acids is 3. The van der Waals surface area contributed by atoms with Crippen LogP contribution in [-0.4, -0.2) is 58.7 Å². The number of nitrogens with one attached hydrogen (secondary N) is 1. The monoisotopic (exact) mass is 519 g/mol. The van der Waals surface area contributed by atoms with Crippen LogP contribution >= 0.6 is 15.9 Å². The highest BCUT2D eigenvalue weighted by molar-refractivity contribution is 9.10. The summed E-state index contributed by atoms with van der Waals surface area (Å²) in [4.78, 5) is 45.6. The van der Waals surface area contributed by atoms with Crippen molar-refractivity contribution in [3.05, 3.63) is 70.8 Å². The Kier molecular flexibility index (Phi) is 6.89. The van der Waals surface area contributed by atoms with Crippen LogP contribution in [0.15, 0.2) is 65.1 Å². The first-order chi connectivity index (χ1) is 16.4. The van der Waals surface area contributed by atoms with Gasteiger partial charge in [-0.3, -0.25) is 14.4 Å². The number of hydrogen-bond acceptors (Lipinski definition) is 5. The molecule has 0 spiro atoms. The third-order valence-corrected chi connectivity index (χ3v) is 6.49. The summed E-state index contributed by atoms with van der Waals surface area (Å²) in [6.45, 7) is -0.0950. The van der Waals surface area contributed by atoms with E-state index in [4.69, 9.17) is 0 Å². The van der Waals surface area contributed by atoms with Crippen molar-refractivity contribution in [1.29, 1.82) is 5.26 Å². The molecule has 9 heteroatoms. The van der Waals surface area contributed by atoms with Crippen LogP contribution in [0.2, 0.25) is 0 Å². The number of hydrogen-bond donors (Lipinski definition) is 1. The molecule has 2 atom stereocenters. The molecule has 172 valence electrons. The van der Waals surface area contributed by atoms with Gasteiger partial charge in [0.25, 0.3) is 5.91 Å². The van der Waals surface area contributed by atoms with E-state index < -0.39 is 17.9 Å². The number of likely N-dealkylation sites (tertiary alicyclic amines) is 1. The molecular formula is C25H22BrN5O3. The van der Waals surface area contributed by atoms with E-state index in [2.05, 4.69) is 32.3 Å². The number of nitriles is 1. The van der Waals surface area contributed by atoms with Gasteiger partial charge < -0.3 is 15.1 Å². The highest BCUT2D eigenvalue weighted by Crippen LogP contribution is 2.25. The first-order valence-corrected chi connectivity index (χ1v) is 11.5. The molecule has 0 radical (unpaired) electrons. The number of aromatic nitrogens is 1. The maximum absolute atomic E-state index is 13.0. The number of likely N-dealkylation sites (N-methyl/N-ethyl adjacent to an activating group) is 1. The summed E-state index contributed by atoms with van der Waals surface area (Å²) >= 11 is 3.46. The fourth-order valence-electron chi connectivity index (χ4n) is 3.99. The first kappa shape index (κ1) is 23.4. The van der Waals surface area contributed by atoms with Crippen molar-refractivity contribution in [3.8, 4) is 6.07 Å². The molecule has 8 nitrogen and oxygen atoms in total. The zero-order valence-corrected chi connectivity index (χ0v) is 20.0. The minimum atomic E-state index is -0.723. The largest absolute Gasteiger partial charge is 0.331 e. The Morgan fingerprint density at radius 1 is 1.15 bits per heavy atom. The van der Waals surface area contributed by atoms with Crippen LogP contribution in [0.5, 0.6) is 0 Å². The summed E-state index contributed by atoms with van der Waals surface area (Å²) in [5, 5.41) is 13.3. The van der Waals surface area contributed by atoms with E-state index in [1.165, 1.54) is 16.8 Å². The minimum Gasteiger partial charge on any atom is -0.331 e. The molecule has 3 amide bonds. The van der Waals surface area contributed by atoms with Gasteiger partial charge in [-0.15, -0.1) is 0 Å². The predicted molar refractivity (Wildman–Crippen MR) is 131 cm³/mol. The molecular weight excluding hydrogens is 498 g/mol. The molecule has 1 saturated heterocycles. The van der Waals surface area contributed by atoms with E-state index in [1.54, 1.807) is 24.3 Å². The molecule has 0 aliphatic carbocycles. The lowest BCUT2D eigenvalue weighted by Crippen LogP contribution is -2.43. The Hall–Kier alpha value is -3.77.